The van der Waals surface area contributed by atoms with Crippen LogP contribution >= 0.6 is 11.8 Å². The number of benzene rings is 1. The van der Waals surface area contributed by atoms with E-state index in [2.05, 4.69) is 9.89 Å². The molecule has 0 unspecified atom stereocenters. The standard InChI is InChI=1S/C15H14N2O3S/c1-19-9-6-11(10-2-5-20-12(10)7-9)14-13(8-18)21-15-16-3-4-17(14)15/h2,5-7,18H,3-4,8H2,1H3. The molecule has 5 nitrogen and oxygen atoms in total. The molecule has 4 rings (SSSR count). The summed E-state index contributed by atoms with van der Waals surface area (Å²) in [6.07, 6.45) is 1.67. The number of hydrogen-bond acceptors (Lipinski definition) is 6. The maximum absolute atomic E-state index is 9.69. The van der Waals surface area contributed by atoms with E-state index in [0.29, 0.717) is 0 Å². The molecule has 0 fully saturated rings. The normalized spacial score (nSPS) is 17.6. The fourth-order valence-electron chi connectivity index (χ4n) is 2.79. The summed E-state index contributed by atoms with van der Waals surface area (Å²) >= 11 is 1.54. The van der Waals surface area contributed by atoms with Gasteiger partial charge in [-0.3, -0.25) is 4.99 Å². The van der Waals surface area contributed by atoms with Crippen LogP contribution in [-0.4, -0.2) is 42.0 Å². The minimum Gasteiger partial charge on any atom is -0.497 e. The predicted octanol–water partition coefficient (Wildman–Crippen LogP) is 2.52. The van der Waals surface area contributed by atoms with Crippen molar-refractivity contribution in [2.24, 2.45) is 4.99 Å². The van der Waals surface area contributed by atoms with Crippen molar-refractivity contribution < 1.29 is 14.3 Å². The lowest BCUT2D eigenvalue weighted by molar-refractivity contribution is 0.339. The van der Waals surface area contributed by atoms with Gasteiger partial charge in [0.15, 0.2) is 5.17 Å². The molecule has 0 amide bonds. The van der Waals surface area contributed by atoms with Crippen LogP contribution in [0.2, 0.25) is 0 Å². The molecule has 1 aromatic heterocycles. The number of rotatable bonds is 3. The van der Waals surface area contributed by atoms with Gasteiger partial charge in [-0.2, -0.15) is 0 Å². The van der Waals surface area contributed by atoms with E-state index in [1.807, 2.05) is 18.2 Å². The molecule has 0 radical (unpaired) electrons. The molecule has 0 aliphatic carbocycles. The number of thioether (sulfide) groups is 1. The third-order valence-electron chi connectivity index (χ3n) is 3.73. The van der Waals surface area contributed by atoms with Gasteiger partial charge >= 0.3 is 0 Å². The number of nitrogens with zero attached hydrogens (tertiary/aromatic N) is 2. The van der Waals surface area contributed by atoms with Crippen molar-refractivity contribution in [2.45, 2.75) is 0 Å². The van der Waals surface area contributed by atoms with E-state index >= 15 is 0 Å². The van der Waals surface area contributed by atoms with Crippen LogP contribution in [0.15, 0.2) is 38.8 Å². The summed E-state index contributed by atoms with van der Waals surface area (Å²) < 4.78 is 10.9. The molecule has 2 aliphatic rings. The minimum absolute atomic E-state index is 0.00603. The predicted molar refractivity (Wildman–Crippen MR) is 83.4 cm³/mol. The summed E-state index contributed by atoms with van der Waals surface area (Å²) in [5.74, 6) is 0.742. The lowest BCUT2D eigenvalue weighted by atomic mass is 10.1. The molecule has 0 saturated heterocycles. The smallest absolute Gasteiger partial charge is 0.168 e. The second-order valence-electron chi connectivity index (χ2n) is 4.86. The Labute approximate surface area is 125 Å². The van der Waals surface area contributed by atoms with E-state index in [4.69, 9.17) is 9.15 Å². The van der Waals surface area contributed by atoms with Gasteiger partial charge in [0.05, 0.1) is 32.2 Å². The maximum atomic E-state index is 9.69. The molecule has 0 atom stereocenters. The lowest BCUT2D eigenvalue weighted by Gasteiger charge is -2.18. The molecule has 108 valence electrons. The Morgan fingerprint density at radius 3 is 3.19 bits per heavy atom. The van der Waals surface area contributed by atoms with E-state index < -0.39 is 0 Å². The minimum atomic E-state index is 0.00603. The summed E-state index contributed by atoms with van der Waals surface area (Å²) in [7, 11) is 1.64. The fourth-order valence-corrected chi connectivity index (χ4v) is 3.84. The highest BCUT2D eigenvalue weighted by Gasteiger charge is 2.33. The first-order valence-corrected chi connectivity index (χ1v) is 7.53. The SMILES string of the molecule is COc1cc(C2=C(CO)SC3=NCCN32)c2ccoc2c1. The second kappa shape index (κ2) is 4.82. The number of aliphatic imine (C=N–C) groups is 1. The molecule has 3 heterocycles. The third kappa shape index (κ3) is 1.86. The highest BCUT2D eigenvalue weighted by Crippen LogP contribution is 2.44. The van der Waals surface area contributed by atoms with Gasteiger partial charge in [-0.15, -0.1) is 0 Å². The van der Waals surface area contributed by atoms with Gasteiger partial charge in [0.1, 0.15) is 11.3 Å². The Balaban J connectivity index is 1.96. The number of furan rings is 1. The van der Waals surface area contributed by atoms with Gasteiger partial charge in [0.25, 0.3) is 0 Å². The molecular formula is C15H14N2O3S. The molecule has 2 aromatic rings. The van der Waals surface area contributed by atoms with Crippen molar-refractivity contribution >= 4 is 33.6 Å². The molecule has 0 saturated carbocycles. The van der Waals surface area contributed by atoms with E-state index in [1.165, 1.54) is 0 Å². The van der Waals surface area contributed by atoms with Crippen molar-refractivity contribution in [3.05, 3.63) is 34.9 Å². The summed E-state index contributed by atoms with van der Waals surface area (Å²) in [5.41, 5.74) is 2.81. The number of aliphatic hydroxyl groups is 1. The van der Waals surface area contributed by atoms with Crippen LogP contribution in [0, 0.1) is 0 Å². The zero-order valence-corrected chi connectivity index (χ0v) is 12.3. The average molecular weight is 302 g/mol. The van der Waals surface area contributed by atoms with Gasteiger partial charge in [0.2, 0.25) is 0 Å². The summed E-state index contributed by atoms with van der Waals surface area (Å²) in [6.45, 7) is 1.65. The van der Waals surface area contributed by atoms with Crippen molar-refractivity contribution in [2.75, 3.05) is 26.8 Å². The molecule has 2 aliphatic heterocycles. The average Bonchev–Trinajstić information content (AvgIpc) is 3.20. The molecule has 0 bridgehead atoms. The second-order valence-corrected chi connectivity index (χ2v) is 5.92. The Morgan fingerprint density at radius 1 is 1.48 bits per heavy atom. The topological polar surface area (TPSA) is 58.2 Å². The van der Waals surface area contributed by atoms with Crippen molar-refractivity contribution in [1.29, 1.82) is 0 Å². The van der Waals surface area contributed by atoms with E-state index in [1.54, 1.807) is 25.1 Å². The van der Waals surface area contributed by atoms with Gasteiger partial charge in [0, 0.05) is 28.5 Å². The molecule has 1 N–H and O–H groups in total. The summed E-state index contributed by atoms with van der Waals surface area (Å²) in [6, 6.07) is 5.81. The molecule has 1 aromatic carbocycles. The van der Waals surface area contributed by atoms with Crippen molar-refractivity contribution in [1.82, 2.24) is 4.90 Å². The van der Waals surface area contributed by atoms with Crippen molar-refractivity contribution in [3.8, 4) is 5.75 Å². The van der Waals surface area contributed by atoms with Crippen LogP contribution in [-0.2, 0) is 0 Å². The van der Waals surface area contributed by atoms with Crippen molar-refractivity contribution in [3.63, 3.8) is 0 Å². The highest BCUT2D eigenvalue weighted by atomic mass is 32.2. The Bertz CT molecular complexity index is 778. The Kier molecular flexibility index (Phi) is 2.94. The molecule has 0 spiro atoms. The van der Waals surface area contributed by atoms with Gasteiger partial charge in [-0.1, -0.05) is 11.8 Å². The van der Waals surface area contributed by atoms with Crippen LogP contribution in [0.1, 0.15) is 5.56 Å². The molecular weight excluding hydrogens is 288 g/mol. The molecule has 21 heavy (non-hydrogen) atoms. The fraction of sp³-hybridized carbons (Fsp3) is 0.267. The molecule has 6 heteroatoms. The maximum Gasteiger partial charge on any atom is 0.168 e. The number of ether oxygens (including phenoxy) is 1. The van der Waals surface area contributed by atoms with Crippen LogP contribution in [0.3, 0.4) is 0 Å². The number of amidine groups is 1. The number of methoxy groups -OCH3 is 1. The number of fused-ring (bicyclic) bond motifs is 2. The first kappa shape index (κ1) is 12.8. The van der Waals surface area contributed by atoms with Crippen LogP contribution in [0.5, 0.6) is 5.75 Å². The monoisotopic (exact) mass is 302 g/mol. The van der Waals surface area contributed by atoms with Crippen LogP contribution in [0.4, 0.5) is 0 Å². The quantitative estimate of drug-likeness (QED) is 0.944. The number of aliphatic hydroxyl groups excluding tert-OH is 1. The highest BCUT2D eigenvalue weighted by molar-refractivity contribution is 8.17. The van der Waals surface area contributed by atoms with E-state index in [-0.39, 0.29) is 6.61 Å². The summed E-state index contributed by atoms with van der Waals surface area (Å²) in [4.78, 5) is 7.56. The Morgan fingerprint density at radius 2 is 2.38 bits per heavy atom. The first-order chi connectivity index (χ1) is 10.3. The van der Waals surface area contributed by atoms with Gasteiger partial charge in [-0.25, -0.2) is 0 Å². The van der Waals surface area contributed by atoms with Crippen LogP contribution < -0.4 is 4.74 Å². The summed E-state index contributed by atoms with van der Waals surface area (Å²) in [5, 5.41) is 11.7. The van der Waals surface area contributed by atoms with E-state index in [0.717, 1.165) is 51.1 Å². The van der Waals surface area contributed by atoms with Gasteiger partial charge in [-0.05, 0) is 12.1 Å². The largest absolute Gasteiger partial charge is 0.497 e. The third-order valence-corrected chi connectivity index (χ3v) is 4.83. The Hall–Kier alpha value is -1.92. The zero-order chi connectivity index (χ0) is 14.4. The lowest BCUT2D eigenvalue weighted by Crippen LogP contribution is -2.20. The number of hydrogen-bond donors (Lipinski definition) is 1. The first-order valence-electron chi connectivity index (χ1n) is 6.71. The van der Waals surface area contributed by atoms with Crippen LogP contribution in [0.25, 0.3) is 16.7 Å². The van der Waals surface area contributed by atoms with E-state index in [9.17, 15) is 5.11 Å². The van der Waals surface area contributed by atoms with Gasteiger partial charge < -0.3 is 19.2 Å². The zero-order valence-electron chi connectivity index (χ0n) is 11.5.